The molecule has 0 saturated heterocycles. The molecular formula is C8H9NO4S. The van der Waals surface area contributed by atoms with Gasteiger partial charge < -0.3 is 9.47 Å². The van der Waals surface area contributed by atoms with Crippen molar-refractivity contribution in [2.45, 2.75) is 6.42 Å². The van der Waals surface area contributed by atoms with Crippen molar-refractivity contribution in [2.24, 2.45) is 0 Å². The maximum Gasteiger partial charge on any atom is 0.313 e. The second-order valence-electron chi connectivity index (χ2n) is 2.37. The lowest BCUT2D eigenvalue weighted by Crippen LogP contribution is -2.08. The molecule has 0 aliphatic heterocycles. The Balaban J connectivity index is 2.65. The third kappa shape index (κ3) is 2.53. The van der Waals surface area contributed by atoms with Crippen molar-refractivity contribution in [2.75, 3.05) is 14.2 Å². The molecule has 0 unspecified atom stereocenters. The van der Waals surface area contributed by atoms with Crippen molar-refractivity contribution in [3.05, 3.63) is 11.1 Å². The fraction of sp³-hybridized carbons (Fsp3) is 0.375. The van der Waals surface area contributed by atoms with E-state index in [1.54, 1.807) is 0 Å². The number of aromatic nitrogens is 1. The van der Waals surface area contributed by atoms with Crippen LogP contribution in [-0.2, 0) is 9.53 Å². The molecule has 14 heavy (non-hydrogen) atoms. The summed E-state index contributed by atoms with van der Waals surface area (Å²) in [6, 6.07) is 0. The summed E-state index contributed by atoms with van der Waals surface area (Å²) in [5.41, 5.74) is 0. The summed E-state index contributed by atoms with van der Waals surface area (Å²) in [4.78, 5) is 26.3. The van der Waals surface area contributed by atoms with Crippen molar-refractivity contribution in [3.8, 4) is 5.19 Å². The van der Waals surface area contributed by atoms with Crippen LogP contribution < -0.4 is 4.74 Å². The number of methoxy groups -OCH3 is 2. The molecule has 5 nitrogen and oxygen atoms in total. The zero-order valence-corrected chi connectivity index (χ0v) is 8.59. The Morgan fingerprint density at radius 2 is 2.21 bits per heavy atom. The highest BCUT2D eigenvalue weighted by Gasteiger charge is 2.15. The van der Waals surface area contributed by atoms with Crippen LogP contribution in [0.4, 0.5) is 0 Å². The lowest BCUT2D eigenvalue weighted by atomic mass is 10.2. The van der Waals surface area contributed by atoms with Crippen LogP contribution in [0.5, 0.6) is 5.19 Å². The van der Waals surface area contributed by atoms with Crippen molar-refractivity contribution < 1.29 is 19.1 Å². The zero-order valence-electron chi connectivity index (χ0n) is 7.77. The Hall–Kier alpha value is -1.43. The molecule has 1 aromatic rings. The van der Waals surface area contributed by atoms with Gasteiger partial charge in [-0.2, -0.15) is 0 Å². The number of carbonyl (C=O) groups excluding carboxylic acids is 2. The van der Waals surface area contributed by atoms with Gasteiger partial charge in [-0.25, -0.2) is 4.98 Å². The first-order chi connectivity index (χ1) is 6.67. The standard InChI is InChI=1S/C8H9NO4S/c1-12-7(11)3-5(10)6-4-9-8(13-2)14-6/h4H,3H2,1-2H3. The molecule has 1 heterocycles. The maximum absolute atomic E-state index is 11.4. The summed E-state index contributed by atoms with van der Waals surface area (Å²) in [7, 11) is 2.70. The van der Waals surface area contributed by atoms with E-state index in [1.807, 2.05) is 0 Å². The molecule has 0 fully saturated rings. The Morgan fingerprint density at radius 3 is 2.71 bits per heavy atom. The van der Waals surface area contributed by atoms with Crippen molar-refractivity contribution in [1.82, 2.24) is 4.98 Å². The Labute approximate surface area is 84.7 Å². The van der Waals surface area contributed by atoms with Crippen molar-refractivity contribution >= 4 is 23.1 Å². The maximum atomic E-state index is 11.4. The van der Waals surface area contributed by atoms with Crippen LogP contribution in [0, 0.1) is 0 Å². The number of thiazole rings is 1. The Bertz CT molecular complexity index is 347. The van der Waals surface area contributed by atoms with Gasteiger partial charge in [-0.05, 0) is 0 Å². The number of hydrogen-bond acceptors (Lipinski definition) is 6. The summed E-state index contributed by atoms with van der Waals surface area (Å²) in [5, 5.41) is 0.401. The Morgan fingerprint density at radius 1 is 1.50 bits per heavy atom. The highest BCUT2D eigenvalue weighted by Crippen LogP contribution is 2.21. The van der Waals surface area contributed by atoms with E-state index >= 15 is 0 Å². The fourth-order valence-electron chi connectivity index (χ4n) is 0.772. The Kier molecular flexibility index (Phi) is 3.58. The van der Waals surface area contributed by atoms with Crippen LogP contribution in [-0.4, -0.2) is 31.0 Å². The van der Waals surface area contributed by atoms with E-state index in [4.69, 9.17) is 4.74 Å². The third-order valence-corrected chi connectivity index (χ3v) is 2.47. The van der Waals surface area contributed by atoms with Gasteiger partial charge in [-0.1, -0.05) is 11.3 Å². The molecule has 0 radical (unpaired) electrons. The molecule has 0 atom stereocenters. The average molecular weight is 215 g/mol. The van der Waals surface area contributed by atoms with Gasteiger partial charge in [0.25, 0.3) is 5.19 Å². The van der Waals surface area contributed by atoms with E-state index in [2.05, 4.69) is 9.72 Å². The van der Waals surface area contributed by atoms with Crippen LogP contribution in [0.2, 0.25) is 0 Å². The molecular weight excluding hydrogens is 206 g/mol. The fourth-order valence-corrected chi connectivity index (χ4v) is 1.44. The molecule has 1 rings (SSSR count). The summed E-state index contributed by atoms with van der Waals surface area (Å²) in [5.74, 6) is -0.861. The molecule has 0 amide bonds. The minimum absolute atomic E-state index is 0.262. The average Bonchev–Trinajstić information content (AvgIpc) is 2.65. The van der Waals surface area contributed by atoms with Gasteiger partial charge >= 0.3 is 5.97 Å². The number of esters is 1. The lowest BCUT2D eigenvalue weighted by molar-refractivity contribution is -0.139. The smallest absolute Gasteiger partial charge is 0.313 e. The largest absolute Gasteiger partial charge is 0.473 e. The van der Waals surface area contributed by atoms with Gasteiger partial charge in [0.15, 0.2) is 5.78 Å². The van der Waals surface area contributed by atoms with E-state index in [-0.39, 0.29) is 12.2 Å². The second-order valence-corrected chi connectivity index (χ2v) is 3.36. The monoisotopic (exact) mass is 215 g/mol. The number of Topliss-reactive ketones (excluding diaryl/α,β-unsaturated/α-hetero) is 1. The van der Waals surface area contributed by atoms with Crippen LogP contribution in [0.15, 0.2) is 6.20 Å². The van der Waals surface area contributed by atoms with Crippen LogP contribution in [0.1, 0.15) is 16.1 Å². The van der Waals surface area contributed by atoms with Crippen molar-refractivity contribution in [3.63, 3.8) is 0 Å². The molecule has 0 bridgehead atoms. The van der Waals surface area contributed by atoms with Crippen LogP contribution in [0.3, 0.4) is 0 Å². The summed E-state index contributed by atoms with van der Waals surface area (Å²) in [6.07, 6.45) is 1.12. The molecule has 1 aromatic heterocycles. The first-order valence-electron chi connectivity index (χ1n) is 3.77. The molecule has 0 spiro atoms. The van der Waals surface area contributed by atoms with Crippen molar-refractivity contribution in [1.29, 1.82) is 0 Å². The van der Waals surface area contributed by atoms with Gasteiger partial charge in [-0.3, -0.25) is 9.59 Å². The summed E-state index contributed by atoms with van der Waals surface area (Å²) < 4.78 is 9.18. The minimum atomic E-state index is -0.553. The SMILES string of the molecule is COC(=O)CC(=O)c1cnc(OC)s1. The summed E-state index contributed by atoms with van der Waals surface area (Å²) >= 11 is 1.10. The van der Waals surface area contributed by atoms with E-state index in [1.165, 1.54) is 20.4 Å². The summed E-state index contributed by atoms with van der Waals surface area (Å²) in [6.45, 7) is 0. The molecule has 0 saturated carbocycles. The topological polar surface area (TPSA) is 65.5 Å². The number of ether oxygens (including phenoxy) is 2. The first-order valence-corrected chi connectivity index (χ1v) is 4.59. The predicted octanol–water partition coefficient (Wildman–Crippen LogP) is 0.897. The third-order valence-electron chi connectivity index (χ3n) is 1.47. The molecule has 76 valence electrons. The minimum Gasteiger partial charge on any atom is -0.473 e. The number of ketones is 1. The molecule has 0 N–H and O–H groups in total. The number of rotatable bonds is 4. The molecule has 0 aliphatic rings. The number of hydrogen-bond donors (Lipinski definition) is 0. The molecule has 6 heteroatoms. The lowest BCUT2D eigenvalue weighted by Gasteiger charge is -1.95. The van der Waals surface area contributed by atoms with E-state index in [0.29, 0.717) is 10.1 Å². The molecule has 0 aromatic carbocycles. The second kappa shape index (κ2) is 4.71. The number of nitrogens with zero attached hydrogens (tertiary/aromatic N) is 1. The molecule has 0 aliphatic carbocycles. The highest BCUT2D eigenvalue weighted by atomic mass is 32.1. The first kappa shape index (κ1) is 10.6. The highest BCUT2D eigenvalue weighted by molar-refractivity contribution is 7.15. The number of carbonyl (C=O) groups is 2. The van der Waals surface area contributed by atoms with Gasteiger partial charge in [0, 0.05) is 0 Å². The van der Waals surface area contributed by atoms with Gasteiger partial charge in [0.2, 0.25) is 0 Å². The van der Waals surface area contributed by atoms with Gasteiger partial charge in [0.05, 0.1) is 25.3 Å². The predicted molar refractivity (Wildman–Crippen MR) is 49.6 cm³/mol. The van der Waals surface area contributed by atoms with E-state index in [9.17, 15) is 9.59 Å². The van der Waals surface area contributed by atoms with Crippen LogP contribution >= 0.6 is 11.3 Å². The normalized spacial score (nSPS) is 9.57. The quantitative estimate of drug-likeness (QED) is 0.424. The van der Waals surface area contributed by atoms with Gasteiger partial charge in [0.1, 0.15) is 6.42 Å². The van der Waals surface area contributed by atoms with Gasteiger partial charge in [-0.15, -0.1) is 0 Å². The zero-order chi connectivity index (χ0) is 10.6. The van der Waals surface area contributed by atoms with E-state index < -0.39 is 5.97 Å². The van der Waals surface area contributed by atoms with Crippen LogP contribution in [0.25, 0.3) is 0 Å². The van der Waals surface area contributed by atoms with E-state index in [0.717, 1.165) is 11.3 Å².